The zero-order valence-corrected chi connectivity index (χ0v) is 9.09. The maximum atomic E-state index is 11.9. The molecule has 0 unspecified atom stereocenters. The van der Waals surface area contributed by atoms with Gasteiger partial charge in [0.15, 0.2) is 0 Å². The Morgan fingerprint density at radius 1 is 1.50 bits per heavy atom. The normalized spacial score (nSPS) is 18.0. The first kappa shape index (κ1) is 11.0. The molecule has 86 valence electrons. The molecule has 0 aromatic carbocycles. The predicted molar refractivity (Wildman–Crippen MR) is 54.1 cm³/mol. The quantitative estimate of drug-likeness (QED) is 0.792. The van der Waals surface area contributed by atoms with Crippen molar-refractivity contribution in [2.75, 3.05) is 13.1 Å². The van der Waals surface area contributed by atoms with Crippen molar-refractivity contribution in [2.45, 2.75) is 4.90 Å². The molecule has 1 aliphatic rings. The molecule has 1 aromatic rings. The summed E-state index contributed by atoms with van der Waals surface area (Å²) >= 11 is 0. The van der Waals surface area contributed by atoms with Gasteiger partial charge in [-0.3, -0.25) is 9.78 Å². The van der Waals surface area contributed by atoms with E-state index in [0.29, 0.717) is 0 Å². The summed E-state index contributed by atoms with van der Waals surface area (Å²) in [4.78, 5) is 14.4. The number of nitrogens with zero attached hydrogens (tertiary/aromatic N) is 2. The van der Waals surface area contributed by atoms with Gasteiger partial charge in [-0.2, -0.15) is 4.31 Å². The van der Waals surface area contributed by atoms with E-state index in [4.69, 9.17) is 5.11 Å². The molecule has 0 aliphatic carbocycles. The van der Waals surface area contributed by atoms with Crippen LogP contribution in [0.15, 0.2) is 29.4 Å². The average molecular weight is 242 g/mol. The molecule has 0 spiro atoms. The van der Waals surface area contributed by atoms with Crippen LogP contribution in [0.4, 0.5) is 0 Å². The SMILES string of the molecule is O=C(O)C1CN(S(=O)(=O)c2cccnc2)C1. The Hall–Kier alpha value is -1.47. The van der Waals surface area contributed by atoms with E-state index in [1.807, 2.05) is 0 Å². The molecule has 2 rings (SSSR count). The van der Waals surface area contributed by atoms with Crippen LogP contribution in [-0.2, 0) is 14.8 Å². The summed E-state index contributed by atoms with van der Waals surface area (Å²) in [7, 11) is -3.56. The van der Waals surface area contributed by atoms with Crippen molar-refractivity contribution >= 4 is 16.0 Å². The van der Waals surface area contributed by atoms with E-state index in [-0.39, 0.29) is 18.0 Å². The van der Waals surface area contributed by atoms with Gasteiger partial charge in [0.2, 0.25) is 10.0 Å². The highest BCUT2D eigenvalue weighted by atomic mass is 32.2. The molecule has 1 saturated heterocycles. The molecular formula is C9H10N2O4S. The number of carbonyl (C=O) groups is 1. The number of hydrogen-bond donors (Lipinski definition) is 1. The van der Waals surface area contributed by atoms with E-state index in [1.54, 1.807) is 0 Å². The molecule has 0 radical (unpaired) electrons. The van der Waals surface area contributed by atoms with Crippen molar-refractivity contribution in [3.8, 4) is 0 Å². The van der Waals surface area contributed by atoms with Crippen LogP contribution < -0.4 is 0 Å². The van der Waals surface area contributed by atoms with Crippen molar-refractivity contribution in [1.82, 2.24) is 9.29 Å². The van der Waals surface area contributed by atoms with Crippen LogP contribution in [0, 0.1) is 5.92 Å². The lowest BCUT2D eigenvalue weighted by molar-refractivity contribution is -0.145. The highest BCUT2D eigenvalue weighted by molar-refractivity contribution is 7.89. The first-order chi connectivity index (χ1) is 7.51. The summed E-state index contributed by atoms with van der Waals surface area (Å²) in [5.41, 5.74) is 0. The molecule has 6 nitrogen and oxygen atoms in total. The number of aliphatic carboxylic acids is 1. The molecule has 0 atom stereocenters. The maximum Gasteiger partial charge on any atom is 0.309 e. The van der Waals surface area contributed by atoms with Gasteiger partial charge in [-0.15, -0.1) is 0 Å². The van der Waals surface area contributed by atoms with Gasteiger partial charge < -0.3 is 5.11 Å². The highest BCUT2D eigenvalue weighted by Gasteiger charge is 2.40. The van der Waals surface area contributed by atoms with Crippen molar-refractivity contribution in [3.63, 3.8) is 0 Å². The summed E-state index contributed by atoms with van der Waals surface area (Å²) < 4.78 is 24.9. The summed E-state index contributed by atoms with van der Waals surface area (Å²) in [6, 6.07) is 2.97. The summed E-state index contributed by atoms with van der Waals surface area (Å²) in [6.45, 7) is 0.0686. The monoisotopic (exact) mass is 242 g/mol. The molecule has 1 fully saturated rings. The smallest absolute Gasteiger partial charge is 0.309 e. The fourth-order valence-electron chi connectivity index (χ4n) is 1.44. The number of carboxylic acids is 1. The van der Waals surface area contributed by atoms with Crippen LogP contribution in [0.3, 0.4) is 0 Å². The van der Waals surface area contributed by atoms with Crippen LogP contribution >= 0.6 is 0 Å². The van der Waals surface area contributed by atoms with Gasteiger partial charge in [-0.1, -0.05) is 0 Å². The summed E-state index contributed by atoms with van der Waals surface area (Å²) in [6.07, 6.45) is 2.73. The second-order valence-electron chi connectivity index (χ2n) is 3.55. The summed E-state index contributed by atoms with van der Waals surface area (Å²) in [5, 5.41) is 8.65. The number of pyridine rings is 1. The van der Waals surface area contributed by atoms with Gasteiger partial charge in [-0.25, -0.2) is 8.42 Å². The van der Waals surface area contributed by atoms with Gasteiger partial charge in [0.1, 0.15) is 4.90 Å². The molecular weight excluding hydrogens is 232 g/mol. The van der Waals surface area contributed by atoms with Gasteiger partial charge in [0, 0.05) is 25.5 Å². The van der Waals surface area contributed by atoms with E-state index in [9.17, 15) is 13.2 Å². The second kappa shape index (κ2) is 3.84. The van der Waals surface area contributed by atoms with E-state index in [1.165, 1.54) is 24.5 Å². The molecule has 1 aliphatic heterocycles. The largest absolute Gasteiger partial charge is 0.481 e. The molecule has 2 heterocycles. The minimum Gasteiger partial charge on any atom is -0.481 e. The number of rotatable bonds is 3. The van der Waals surface area contributed by atoms with Gasteiger partial charge in [0.25, 0.3) is 0 Å². The maximum absolute atomic E-state index is 11.9. The van der Waals surface area contributed by atoms with E-state index >= 15 is 0 Å². The Morgan fingerprint density at radius 2 is 2.19 bits per heavy atom. The third-order valence-electron chi connectivity index (χ3n) is 2.47. The van der Waals surface area contributed by atoms with Gasteiger partial charge in [-0.05, 0) is 12.1 Å². The van der Waals surface area contributed by atoms with Crippen LogP contribution in [0.1, 0.15) is 0 Å². The Kier molecular flexibility index (Phi) is 2.64. The molecule has 0 bridgehead atoms. The standard InChI is InChI=1S/C9H10N2O4S/c12-9(13)7-5-11(6-7)16(14,15)8-2-1-3-10-4-8/h1-4,7H,5-6H2,(H,12,13). The van der Waals surface area contributed by atoms with Crippen molar-refractivity contribution in [3.05, 3.63) is 24.5 Å². The van der Waals surface area contributed by atoms with Gasteiger partial charge >= 0.3 is 5.97 Å². The molecule has 1 aromatic heterocycles. The van der Waals surface area contributed by atoms with E-state index in [0.717, 1.165) is 4.31 Å². The van der Waals surface area contributed by atoms with Crippen molar-refractivity contribution in [2.24, 2.45) is 5.92 Å². The molecule has 1 N–H and O–H groups in total. The Bertz CT molecular complexity index is 494. The zero-order valence-electron chi connectivity index (χ0n) is 8.28. The Balaban J connectivity index is 2.15. The third-order valence-corrected chi connectivity index (χ3v) is 4.28. The molecule has 0 amide bonds. The topological polar surface area (TPSA) is 87.6 Å². The average Bonchev–Trinajstić information content (AvgIpc) is 2.15. The fraction of sp³-hybridized carbons (Fsp3) is 0.333. The molecule has 0 saturated carbocycles. The number of carboxylic acid groups (broad SMARTS) is 1. The van der Waals surface area contributed by atoms with Crippen molar-refractivity contribution in [1.29, 1.82) is 0 Å². The second-order valence-corrected chi connectivity index (χ2v) is 5.48. The van der Waals surface area contributed by atoms with E-state index < -0.39 is 21.9 Å². The Labute approximate surface area is 92.6 Å². The Morgan fingerprint density at radius 3 is 2.69 bits per heavy atom. The fourth-order valence-corrected chi connectivity index (χ4v) is 2.93. The number of sulfonamides is 1. The lowest BCUT2D eigenvalue weighted by Crippen LogP contribution is -2.52. The lowest BCUT2D eigenvalue weighted by atomic mass is 10.0. The van der Waals surface area contributed by atoms with Crippen molar-refractivity contribution < 1.29 is 18.3 Å². The number of hydrogen-bond acceptors (Lipinski definition) is 4. The highest BCUT2D eigenvalue weighted by Crippen LogP contribution is 2.24. The van der Waals surface area contributed by atoms with Crippen LogP contribution in [-0.4, -0.2) is 41.9 Å². The first-order valence-corrected chi connectivity index (χ1v) is 6.09. The number of aromatic nitrogens is 1. The molecule has 7 heteroatoms. The van der Waals surface area contributed by atoms with Crippen LogP contribution in [0.25, 0.3) is 0 Å². The minimum absolute atomic E-state index is 0.0343. The van der Waals surface area contributed by atoms with E-state index in [2.05, 4.69) is 4.98 Å². The summed E-state index contributed by atoms with van der Waals surface area (Å²) in [5.74, 6) is -1.55. The van der Waals surface area contributed by atoms with Gasteiger partial charge in [0.05, 0.1) is 5.92 Å². The predicted octanol–water partition coefficient (Wildman–Crippen LogP) is -0.213. The lowest BCUT2D eigenvalue weighted by Gasteiger charge is -2.35. The molecule has 16 heavy (non-hydrogen) atoms. The van der Waals surface area contributed by atoms with Crippen LogP contribution in [0.2, 0.25) is 0 Å². The first-order valence-electron chi connectivity index (χ1n) is 4.65. The van der Waals surface area contributed by atoms with Crippen LogP contribution in [0.5, 0.6) is 0 Å². The minimum atomic E-state index is -3.56. The zero-order chi connectivity index (χ0) is 11.8. The third kappa shape index (κ3) is 1.79.